The predicted octanol–water partition coefficient (Wildman–Crippen LogP) is 2.32. The van der Waals surface area contributed by atoms with Crippen molar-refractivity contribution in [2.45, 2.75) is 25.9 Å². The van der Waals surface area contributed by atoms with Crippen molar-refractivity contribution in [3.05, 3.63) is 39.9 Å². The van der Waals surface area contributed by atoms with Crippen LogP contribution in [0.1, 0.15) is 18.9 Å². The number of non-ortho nitro benzene ring substituents is 1. The number of aliphatic imine (C=N–C) groups is 1. The summed E-state index contributed by atoms with van der Waals surface area (Å²) in [5.41, 5.74) is 0.995. The molecule has 2 N–H and O–H groups in total. The Balaban J connectivity index is 0.00000338. The maximum atomic E-state index is 10.7. The van der Waals surface area contributed by atoms with Gasteiger partial charge in [0, 0.05) is 44.4 Å². The summed E-state index contributed by atoms with van der Waals surface area (Å²) in [5, 5.41) is 17.4. The molecule has 2 unspecified atom stereocenters. The molecule has 8 nitrogen and oxygen atoms in total. The fourth-order valence-corrected chi connectivity index (χ4v) is 2.56. The van der Waals surface area contributed by atoms with Crippen molar-refractivity contribution in [3.8, 4) is 0 Å². The van der Waals surface area contributed by atoms with Crippen molar-refractivity contribution in [3.63, 3.8) is 0 Å². The minimum absolute atomic E-state index is 0. The van der Waals surface area contributed by atoms with Gasteiger partial charge in [0.05, 0.1) is 24.7 Å². The number of hydrogen-bond donors (Lipinski definition) is 2. The van der Waals surface area contributed by atoms with Crippen molar-refractivity contribution in [1.29, 1.82) is 0 Å². The fourth-order valence-electron chi connectivity index (χ4n) is 2.56. The van der Waals surface area contributed by atoms with Gasteiger partial charge in [-0.15, -0.1) is 24.0 Å². The Morgan fingerprint density at radius 3 is 2.77 bits per heavy atom. The van der Waals surface area contributed by atoms with Gasteiger partial charge in [0.25, 0.3) is 5.69 Å². The number of nitro benzene ring substituents is 1. The third-order valence-corrected chi connectivity index (χ3v) is 3.95. The maximum Gasteiger partial charge on any atom is 0.269 e. The third kappa shape index (κ3) is 7.83. The van der Waals surface area contributed by atoms with Crippen LogP contribution in [-0.2, 0) is 16.0 Å². The molecule has 1 aliphatic heterocycles. The molecular weight excluding hydrogens is 451 g/mol. The number of nitrogens with one attached hydrogen (secondary N) is 2. The molecule has 0 bridgehead atoms. The van der Waals surface area contributed by atoms with Crippen LogP contribution < -0.4 is 10.6 Å². The zero-order valence-electron chi connectivity index (χ0n) is 15.1. The highest BCUT2D eigenvalue weighted by atomic mass is 127. The smallest absolute Gasteiger partial charge is 0.269 e. The highest BCUT2D eigenvalue weighted by molar-refractivity contribution is 14.0. The van der Waals surface area contributed by atoms with E-state index in [1.165, 1.54) is 12.1 Å². The molecule has 0 spiro atoms. The van der Waals surface area contributed by atoms with Crippen LogP contribution in [0.2, 0.25) is 0 Å². The maximum absolute atomic E-state index is 10.7. The Kier molecular flexibility index (Phi) is 10.4. The van der Waals surface area contributed by atoms with E-state index in [1.807, 2.05) is 6.92 Å². The van der Waals surface area contributed by atoms with Crippen molar-refractivity contribution >= 4 is 35.6 Å². The number of ether oxygens (including phenoxy) is 2. The van der Waals surface area contributed by atoms with Gasteiger partial charge in [0.15, 0.2) is 5.96 Å². The monoisotopic (exact) mass is 478 g/mol. The first-order valence-corrected chi connectivity index (χ1v) is 8.43. The van der Waals surface area contributed by atoms with Crippen molar-refractivity contribution < 1.29 is 14.4 Å². The fraction of sp³-hybridized carbons (Fsp3) is 0.588. The van der Waals surface area contributed by atoms with E-state index in [-0.39, 0.29) is 35.7 Å². The minimum atomic E-state index is -0.405. The number of nitrogens with zero attached hydrogens (tertiary/aromatic N) is 2. The van der Waals surface area contributed by atoms with Crippen molar-refractivity contribution in [2.24, 2.45) is 10.9 Å². The van der Waals surface area contributed by atoms with E-state index in [2.05, 4.69) is 15.6 Å². The molecule has 146 valence electrons. The molecule has 0 amide bonds. The predicted molar refractivity (Wildman–Crippen MR) is 111 cm³/mol. The van der Waals surface area contributed by atoms with E-state index in [0.29, 0.717) is 25.0 Å². The Hall–Kier alpha value is -1.46. The molecule has 1 aromatic rings. The normalized spacial score (nSPS) is 18.1. The summed E-state index contributed by atoms with van der Waals surface area (Å²) in [5.74, 6) is 1.19. The molecule has 1 heterocycles. The van der Waals surface area contributed by atoms with E-state index in [9.17, 15) is 10.1 Å². The average Bonchev–Trinajstić information content (AvgIpc) is 3.11. The lowest BCUT2D eigenvalue weighted by molar-refractivity contribution is -0.384. The summed E-state index contributed by atoms with van der Waals surface area (Å²) in [7, 11) is 1.66. The zero-order chi connectivity index (χ0) is 18.1. The van der Waals surface area contributed by atoms with Gasteiger partial charge in [0.2, 0.25) is 0 Å². The standard InChI is InChI=1S/C17H26N4O4.HI/c1-13(11-24-2)20-17(19-10-15-7-8-25-12-15)18-9-14-3-5-16(6-4-14)21(22)23;/h3-6,13,15H,7-12H2,1-2H3,(H2,18,19,20);1H. The second kappa shape index (κ2) is 12.0. The first kappa shape index (κ1) is 22.6. The zero-order valence-corrected chi connectivity index (χ0v) is 17.5. The number of methoxy groups -OCH3 is 1. The highest BCUT2D eigenvalue weighted by Crippen LogP contribution is 2.13. The van der Waals surface area contributed by atoms with Crippen LogP contribution in [0, 0.1) is 16.0 Å². The highest BCUT2D eigenvalue weighted by Gasteiger charge is 2.16. The Bertz CT molecular complexity index is 577. The van der Waals surface area contributed by atoms with E-state index in [1.54, 1.807) is 19.2 Å². The number of rotatable bonds is 8. The third-order valence-electron chi connectivity index (χ3n) is 3.95. The second-order valence-electron chi connectivity index (χ2n) is 6.20. The number of benzene rings is 1. The van der Waals surface area contributed by atoms with E-state index in [0.717, 1.165) is 31.7 Å². The van der Waals surface area contributed by atoms with E-state index < -0.39 is 4.92 Å². The minimum Gasteiger partial charge on any atom is -0.383 e. The van der Waals surface area contributed by atoms with E-state index in [4.69, 9.17) is 9.47 Å². The summed E-state index contributed by atoms with van der Waals surface area (Å²) in [6, 6.07) is 6.56. The Labute approximate surface area is 170 Å². The Morgan fingerprint density at radius 1 is 1.46 bits per heavy atom. The molecule has 0 saturated carbocycles. The largest absolute Gasteiger partial charge is 0.383 e. The Morgan fingerprint density at radius 2 is 2.19 bits per heavy atom. The molecule has 1 aromatic carbocycles. The lowest BCUT2D eigenvalue weighted by Crippen LogP contribution is -2.45. The molecule has 2 atom stereocenters. The quantitative estimate of drug-likeness (QED) is 0.196. The topological polar surface area (TPSA) is 98.0 Å². The molecule has 1 aliphatic rings. The number of nitro groups is 1. The van der Waals surface area contributed by atoms with Gasteiger partial charge in [-0.1, -0.05) is 12.1 Å². The lowest BCUT2D eigenvalue weighted by Gasteiger charge is -2.19. The number of hydrogen-bond acceptors (Lipinski definition) is 5. The molecule has 0 aromatic heterocycles. The lowest BCUT2D eigenvalue weighted by atomic mass is 10.1. The van der Waals surface area contributed by atoms with Gasteiger partial charge in [0.1, 0.15) is 0 Å². The molecular formula is C17H27IN4O4. The van der Waals surface area contributed by atoms with Crippen LogP contribution in [0.15, 0.2) is 29.3 Å². The summed E-state index contributed by atoms with van der Waals surface area (Å²) >= 11 is 0. The SMILES string of the molecule is COCC(C)NC(=NCc1ccc([N+](=O)[O-])cc1)NCC1CCOC1.I. The van der Waals surface area contributed by atoms with Gasteiger partial charge in [-0.05, 0) is 18.9 Å². The molecule has 2 rings (SSSR count). The number of halogens is 1. The van der Waals surface area contributed by atoms with Crippen LogP contribution in [0.3, 0.4) is 0 Å². The van der Waals surface area contributed by atoms with Gasteiger partial charge < -0.3 is 20.1 Å². The van der Waals surface area contributed by atoms with Crippen LogP contribution in [-0.4, -0.2) is 50.4 Å². The molecule has 1 fully saturated rings. The molecule has 0 radical (unpaired) electrons. The molecule has 9 heteroatoms. The summed E-state index contributed by atoms with van der Waals surface area (Å²) in [4.78, 5) is 14.9. The summed E-state index contributed by atoms with van der Waals surface area (Å²) < 4.78 is 10.5. The second-order valence-corrected chi connectivity index (χ2v) is 6.20. The summed E-state index contributed by atoms with van der Waals surface area (Å²) in [6.45, 7) is 5.42. The van der Waals surface area contributed by atoms with Gasteiger partial charge in [-0.25, -0.2) is 4.99 Å². The summed E-state index contributed by atoms with van der Waals surface area (Å²) in [6.07, 6.45) is 1.05. The molecule has 0 aliphatic carbocycles. The van der Waals surface area contributed by atoms with Crippen LogP contribution in [0.5, 0.6) is 0 Å². The first-order valence-electron chi connectivity index (χ1n) is 8.43. The molecule has 1 saturated heterocycles. The van der Waals surface area contributed by atoms with Crippen LogP contribution >= 0.6 is 24.0 Å². The number of guanidine groups is 1. The van der Waals surface area contributed by atoms with Crippen LogP contribution in [0.25, 0.3) is 0 Å². The van der Waals surface area contributed by atoms with Crippen molar-refractivity contribution in [1.82, 2.24) is 10.6 Å². The van der Waals surface area contributed by atoms with Gasteiger partial charge in [-0.2, -0.15) is 0 Å². The van der Waals surface area contributed by atoms with Crippen molar-refractivity contribution in [2.75, 3.05) is 33.5 Å². The first-order chi connectivity index (χ1) is 12.1. The van der Waals surface area contributed by atoms with E-state index >= 15 is 0 Å². The van der Waals surface area contributed by atoms with Gasteiger partial charge >= 0.3 is 0 Å². The van der Waals surface area contributed by atoms with Crippen LogP contribution in [0.4, 0.5) is 5.69 Å². The molecule has 26 heavy (non-hydrogen) atoms. The van der Waals surface area contributed by atoms with Gasteiger partial charge in [-0.3, -0.25) is 10.1 Å². The average molecular weight is 478 g/mol.